The van der Waals surface area contributed by atoms with Crippen molar-refractivity contribution in [2.75, 3.05) is 7.05 Å². The second-order valence-electron chi connectivity index (χ2n) is 4.64. The van der Waals surface area contributed by atoms with Gasteiger partial charge in [0.25, 0.3) is 0 Å². The van der Waals surface area contributed by atoms with E-state index in [4.69, 9.17) is 0 Å². The van der Waals surface area contributed by atoms with Crippen LogP contribution < -0.4 is 0 Å². The third-order valence-electron chi connectivity index (χ3n) is 3.27. The molecule has 0 aliphatic carbocycles. The molecule has 0 fully saturated rings. The highest BCUT2D eigenvalue weighted by Crippen LogP contribution is 2.28. The van der Waals surface area contributed by atoms with Crippen LogP contribution in [0.5, 0.6) is 0 Å². The molecule has 0 amide bonds. The fourth-order valence-electron chi connectivity index (χ4n) is 2.43. The Kier molecular flexibility index (Phi) is 2.45. The molecule has 1 nitrogen and oxygen atoms in total. The second kappa shape index (κ2) is 3.97. The first-order valence-corrected chi connectivity index (χ1v) is 5.79. The molecule has 0 spiro atoms. The van der Waals surface area contributed by atoms with Crippen molar-refractivity contribution in [3.8, 4) is 11.1 Å². The van der Waals surface area contributed by atoms with Crippen LogP contribution in [0.4, 0.5) is 4.39 Å². The summed E-state index contributed by atoms with van der Waals surface area (Å²) in [6, 6.07) is 13.2. The average molecular weight is 227 g/mol. The number of nitrogens with zero attached hydrogens (tertiary/aromatic N) is 1. The van der Waals surface area contributed by atoms with Gasteiger partial charge >= 0.3 is 0 Å². The maximum absolute atomic E-state index is 13.7. The molecule has 1 heterocycles. The fraction of sp³-hybridized carbons (Fsp3) is 0.200. The first kappa shape index (κ1) is 10.5. The predicted octanol–water partition coefficient (Wildman–Crippen LogP) is 3.44. The number of benzene rings is 2. The van der Waals surface area contributed by atoms with Crippen molar-refractivity contribution in [2.45, 2.75) is 13.1 Å². The van der Waals surface area contributed by atoms with Crippen LogP contribution in [0.25, 0.3) is 11.1 Å². The lowest BCUT2D eigenvalue weighted by Gasteiger charge is -2.05. The SMILES string of the molecule is CN1Cc2ccc(-c3ccccc3F)cc2C1. The summed E-state index contributed by atoms with van der Waals surface area (Å²) in [4.78, 5) is 2.26. The van der Waals surface area contributed by atoms with Crippen molar-refractivity contribution in [2.24, 2.45) is 0 Å². The number of rotatable bonds is 1. The summed E-state index contributed by atoms with van der Waals surface area (Å²) in [6.07, 6.45) is 0. The lowest BCUT2D eigenvalue weighted by atomic mass is 10.0. The van der Waals surface area contributed by atoms with E-state index in [-0.39, 0.29) is 5.82 Å². The smallest absolute Gasteiger partial charge is 0.131 e. The molecule has 0 saturated heterocycles. The van der Waals surface area contributed by atoms with Crippen LogP contribution in [0.1, 0.15) is 11.1 Å². The molecular formula is C15H14FN. The molecule has 3 rings (SSSR count). The molecule has 0 N–H and O–H groups in total. The normalized spacial score (nSPS) is 14.9. The molecule has 0 unspecified atom stereocenters. The van der Waals surface area contributed by atoms with Gasteiger partial charge in [-0.1, -0.05) is 30.3 Å². The summed E-state index contributed by atoms with van der Waals surface area (Å²) in [5.41, 5.74) is 4.32. The molecule has 17 heavy (non-hydrogen) atoms. The molecular weight excluding hydrogens is 213 g/mol. The Bertz CT molecular complexity index is 563. The first-order chi connectivity index (χ1) is 8.24. The summed E-state index contributed by atoms with van der Waals surface area (Å²) in [5.74, 6) is -0.154. The van der Waals surface area contributed by atoms with E-state index in [0.29, 0.717) is 5.56 Å². The highest BCUT2D eigenvalue weighted by Gasteiger charge is 2.16. The van der Waals surface area contributed by atoms with Gasteiger partial charge in [0.2, 0.25) is 0 Å². The lowest BCUT2D eigenvalue weighted by molar-refractivity contribution is 0.353. The quantitative estimate of drug-likeness (QED) is 0.721. The van der Waals surface area contributed by atoms with E-state index in [1.165, 1.54) is 17.2 Å². The number of hydrogen-bond donors (Lipinski definition) is 0. The van der Waals surface area contributed by atoms with Crippen molar-refractivity contribution in [3.63, 3.8) is 0 Å². The Balaban J connectivity index is 2.07. The van der Waals surface area contributed by atoms with E-state index in [0.717, 1.165) is 18.7 Å². The van der Waals surface area contributed by atoms with Gasteiger partial charge in [0, 0.05) is 18.7 Å². The van der Waals surface area contributed by atoms with Gasteiger partial charge in [-0.2, -0.15) is 0 Å². The van der Waals surface area contributed by atoms with Crippen LogP contribution in [-0.2, 0) is 13.1 Å². The molecule has 2 heteroatoms. The van der Waals surface area contributed by atoms with Gasteiger partial charge in [0.15, 0.2) is 0 Å². The highest BCUT2D eigenvalue weighted by atomic mass is 19.1. The molecule has 2 aromatic carbocycles. The second-order valence-corrected chi connectivity index (χ2v) is 4.64. The van der Waals surface area contributed by atoms with E-state index >= 15 is 0 Å². The molecule has 2 aromatic rings. The van der Waals surface area contributed by atoms with Crippen molar-refractivity contribution in [3.05, 3.63) is 59.4 Å². The molecule has 86 valence electrons. The van der Waals surface area contributed by atoms with Gasteiger partial charge in [-0.05, 0) is 35.9 Å². The van der Waals surface area contributed by atoms with Crippen LogP contribution in [0.15, 0.2) is 42.5 Å². The van der Waals surface area contributed by atoms with Crippen molar-refractivity contribution >= 4 is 0 Å². The van der Waals surface area contributed by atoms with E-state index in [2.05, 4.69) is 24.1 Å². The minimum absolute atomic E-state index is 0.154. The van der Waals surface area contributed by atoms with Gasteiger partial charge in [0.1, 0.15) is 5.82 Å². The van der Waals surface area contributed by atoms with Gasteiger partial charge in [0.05, 0.1) is 0 Å². The van der Waals surface area contributed by atoms with Crippen LogP contribution >= 0.6 is 0 Å². The van der Waals surface area contributed by atoms with Gasteiger partial charge in [-0.25, -0.2) is 4.39 Å². The Morgan fingerprint density at radius 3 is 2.59 bits per heavy atom. The third-order valence-corrected chi connectivity index (χ3v) is 3.27. The zero-order valence-electron chi connectivity index (χ0n) is 9.78. The Morgan fingerprint density at radius 1 is 1.00 bits per heavy atom. The van der Waals surface area contributed by atoms with E-state index in [9.17, 15) is 4.39 Å². The van der Waals surface area contributed by atoms with E-state index in [1.807, 2.05) is 18.2 Å². The zero-order chi connectivity index (χ0) is 11.8. The van der Waals surface area contributed by atoms with Gasteiger partial charge in [-0.3, -0.25) is 4.90 Å². The number of fused-ring (bicyclic) bond motifs is 1. The predicted molar refractivity (Wildman–Crippen MR) is 67.0 cm³/mol. The molecule has 0 aromatic heterocycles. The topological polar surface area (TPSA) is 3.24 Å². The van der Waals surface area contributed by atoms with E-state index < -0.39 is 0 Å². The summed E-state index contributed by atoms with van der Waals surface area (Å²) in [7, 11) is 2.10. The van der Waals surface area contributed by atoms with Gasteiger partial charge < -0.3 is 0 Å². The Labute approximate surface area is 101 Å². The maximum atomic E-state index is 13.7. The standard InChI is InChI=1S/C15H14FN/c1-17-9-12-7-6-11(8-13(12)10-17)14-4-2-3-5-15(14)16/h2-8H,9-10H2,1H3. The first-order valence-electron chi connectivity index (χ1n) is 5.79. The van der Waals surface area contributed by atoms with Crippen LogP contribution in [0.2, 0.25) is 0 Å². The average Bonchev–Trinajstić information content (AvgIpc) is 2.68. The third kappa shape index (κ3) is 1.85. The fourth-order valence-corrected chi connectivity index (χ4v) is 2.43. The number of halogens is 1. The van der Waals surface area contributed by atoms with Crippen LogP contribution in [-0.4, -0.2) is 11.9 Å². The minimum atomic E-state index is -0.154. The molecule has 0 atom stereocenters. The molecule has 1 aliphatic heterocycles. The van der Waals surface area contributed by atoms with Crippen molar-refractivity contribution < 1.29 is 4.39 Å². The summed E-state index contributed by atoms with van der Waals surface area (Å²) >= 11 is 0. The van der Waals surface area contributed by atoms with Crippen molar-refractivity contribution in [1.29, 1.82) is 0 Å². The Morgan fingerprint density at radius 2 is 1.76 bits per heavy atom. The maximum Gasteiger partial charge on any atom is 0.131 e. The molecule has 0 radical (unpaired) electrons. The molecule has 1 aliphatic rings. The molecule has 0 saturated carbocycles. The Hall–Kier alpha value is -1.67. The van der Waals surface area contributed by atoms with E-state index in [1.54, 1.807) is 6.07 Å². The van der Waals surface area contributed by atoms with Gasteiger partial charge in [-0.15, -0.1) is 0 Å². The minimum Gasteiger partial charge on any atom is -0.298 e. The summed E-state index contributed by atoms with van der Waals surface area (Å²) in [6.45, 7) is 1.95. The summed E-state index contributed by atoms with van der Waals surface area (Å²) in [5, 5.41) is 0. The largest absolute Gasteiger partial charge is 0.298 e. The van der Waals surface area contributed by atoms with Crippen molar-refractivity contribution in [1.82, 2.24) is 4.90 Å². The monoisotopic (exact) mass is 227 g/mol. The van der Waals surface area contributed by atoms with Crippen LogP contribution in [0.3, 0.4) is 0 Å². The number of hydrogen-bond acceptors (Lipinski definition) is 1. The summed E-state index contributed by atoms with van der Waals surface area (Å²) < 4.78 is 13.7. The highest BCUT2D eigenvalue weighted by molar-refractivity contribution is 5.65. The zero-order valence-corrected chi connectivity index (χ0v) is 9.78. The molecule has 0 bridgehead atoms. The lowest BCUT2D eigenvalue weighted by Crippen LogP contribution is -2.07. The van der Waals surface area contributed by atoms with Crippen LogP contribution in [0, 0.1) is 5.82 Å².